The fraction of sp³-hybridized carbons (Fsp3) is 0.933. The van der Waals surface area contributed by atoms with Gasteiger partial charge in [0.2, 0.25) is 0 Å². The molecule has 5 nitrogen and oxygen atoms in total. The molecular formula is C15H30N2O3. The monoisotopic (exact) mass is 286 g/mol. The molecule has 1 saturated heterocycles. The molecule has 0 aromatic rings. The lowest BCUT2D eigenvalue weighted by Crippen LogP contribution is -2.55. The van der Waals surface area contributed by atoms with Crippen molar-refractivity contribution in [2.24, 2.45) is 5.73 Å². The van der Waals surface area contributed by atoms with Gasteiger partial charge < -0.3 is 15.2 Å². The largest absolute Gasteiger partial charge is 0.465 e. The molecule has 118 valence electrons. The number of nitrogens with zero attached hydrogens (tertiary/aromatic N) is 1. The molecule has 0 saturated carbocycles. The molecular weight excluding hydrogens is 256 g/mol. The standard InChI is InChI=1S/C15H30N2O3/c1-6-20-13(18)15(4,16)10-12(2)17-9-7-8-14(3,11-17)19-5/h12H,6-11,16H2,1-5H3. The first-order chi connectivity index (χ1) is 9.24. The van der Waals surface area contributed by atoms with Gasteiger partial charge in [-0.15, -0.1) is 0 Å². The molecule has 0 aliphatic carbocycles. The van der Waals surface area contributed by atoms with E-state index < -0.39 is 5.54 Å². The Balaban J connectivity index is 2.61. The van der Waals surface area contributed by atoms with Gasteiger partial charge in [-0.05, 0) is 53.5 Å². The number of carbonyl (C=O) groups excluding carboxylic acids is 1. The highest BCUT2D eigenvalue weighted by atomic mass is 16.5. The number of ether oxygens (including phenoxy) is 2. The van der Waals surface area contributed by atoms with Gasteiger partial charge in [-0.3, -0.25) is 9.69 Å². The minimum Gasteiger partial charge on any atom is -0.465 e. The second-order valence-electron chi connectivity index (χ2n) is 6.42. The number of nitrogens with two attached hydrogens (primary N) is 1. The number of piperidine rings is 1. The van der Waals surface area contributed by atoms with Gasteiger partial charge in [0.1, 0.15) is 5.54 Å². The van der Waals surface area contributed by atoms with Crippen LogP contribution in [-0.2, 0) is 14.3 Å². The number of methoxy groups -OCH3 is 1. The van der Waals surface area contributed by atoms with Crippen LogP contribution < -0.4 is 5.73 Å². The first kappa shape index (κ1) is 17.4. The van der Waals surface area contributed by atoms with Gasteiger partial charge in [0.15, 0.2) is 0 Å². The summed E-state index contributed by atoms with van der Waals surface area (Å²) in [5, 5.41) is 0. The van der Waals surface area contributed by atoms with E-state index in [2.05, 4.69) is 18.7 Å². The molecule has 1 heterocycles. The van der Waals surface area contributed by atoms with Gasteiger partial charge in [0, 0.05) is 19.7 Å². The fourth-order valence-electron chi connectivity index (χ4n) is 2.91. The molecule has 5 heteroatoms. The van der Waals surface area contributed by atoms with Crippen molar-refractivity contribution < 1.29 is 14.3 Å². The van der Waals surface area contributed by atoms with E-state index in [0.717, 1.165) is 25.9 Å². The Hall–Kier alpha value is -0.650. The van der Waals surface area contributed by atoms with Crippen molar-refractivity contribution in [1.82, 2.24) is 4.90 Å². The summed E-state index contributed by atoms with van der Waals surface area (Å²) in [5.41, 5.74) is 5.09. The summed E-state index contributed by atoms with van der Waals surface area (Å²) in [5.74, 6) is -0.321. The van der Waals surface area contributed by atoms with Crippen LogP contribution in [0.2, 0.25) is 0 Å². The Morgan fingerprint density at radius 1 is 1.55 bits per heavy atom. The van der Waals surface area contributed by atoms with Crippen molar-refractivity contribution >= 4 is 5.97 Å². The van der Waals surface area contributed by atoms with E-state index in [1.54, 1.807) is 21.0 Å². The zero-order valence-corrected chi connectivity index (χ0v) is 13.6. The zero-order valence-electron chi connectivity index (χ0n) is 13.6. The van der Waals surface area contributed by atoms with Crippen LogP contribution in [0.4, 0.5) is 0 Å². The van der Waals surface area contributed by atoms with Gasteiger partial charge >= 0.3 is 5.97 Å². The first-order valence-electron chi connectivity index (χ1n) is 7.49. The average molecular weight is 286 g/mol. The molecule has 1 rings (SSSR count). The minimum absolute atomic E-state index is 0.0958. The molecule has 1 aliphatic heterocycles. The molecule has 0 aromatic heterocycles. The summed E-state index contributed by atoms with van der Waals surface area (Å²) >= 11 is 0. The van der Waals surface area contributed by atoms with Crippen molar-refractivity contribution in [3.8, 4) is 0 Å². The van der Waals surface area contributed by atoms with Crippen LogP contribution in [-0.4, -0.2) is 54.9 Å². The van der Waals surface area contributed by atoms with E-state index in [0.29, 0.717) is 13.0 Å². The van der Waals surface area contributed by atoms with E-state index in [1.165, 1.54) is 0 Å². The van der Waals surface area contributed by atoms with Crippen molar-refractivity contribution in [3.63, 3.8) is 0 Å². The molecule has 3 unspecified atom stereocenters. The van der Waals surface area contributed by atoms with Crippen LogP contribution in [0.3, 0.4) is 0 Å². The van der Waals surface area contributed by atoms with Gasteiger partial charge in [-0.2, -0.15) is 0 Å². The highest BCUT2D eigenvalue weighted by molar-refractivity contribution is 5.80. The quantitative estimate of drug-likeness (QED) is 0.750. The molecule has 0 radical (unpaired) electrons. The third kappa shape index (κ3) is 4.43. The lowest BCUT2D eigenvalue weighted by Gasteiger charge is -2.43. The predicted octanol–water partition coefficient (Wildman–Crippen LogP) is 1.55. The van der Waals surface area contributed by atoms with Crippen molar-refractivity contribution in [3.05, 3.63) is 0 Å². The summed E-state index contributed by atoms with van der Waals surface area (Å²) in [6.07, 6.45) is 2.77. The van der Waals surface area contributed by atoms with Crippen LogP contribution in [0.5, 0.6) is 0 Å². The topological polar surface area (TPSA) is 64.8 Å². The molecule has 0 amide bonds. The highest BCUT2D eigenvalue weighted by Gasteiger charge is 2.37. The van der Waals surface area contributed by atoms with Crippen LogP contribution >= 0.6 is 0 Å². The van der Waals surface area contributed by atoms with Gasteiger partial charge in [0.05, 0.1) is 12.2 Å². The van der Waals surface area contributed by atoms with Crippen LogP contribution in [0.25, 0.3) is 0 Å². The number of hydrogen-bond donors (Lipinski definition) is 1. The lowest BCUT2D eigenvalue weighted by molar-refractivity contribution is -0.150. The average Bonchev–Trinajstić information content (AvgIpc) is 2.38. The van der Waals surface area contributed by atoms with E-state index >= 15 is 0 Å². The van der Waals surface area contributed by atoms with E-state index in [1.807, 2.05) is 0 Å². The van der Waals surface area contributed by atoms with Crippen LogP contribution in [0, 0.1) is 0 Å². The van der Waals surface area contributed by atoms with Gasteiger partial charge in [0.25, 0.3) is 0 Å². The molecule has 0 aromatic carbocycles. The minimum atomic E-state index is -0.934. The van der Waals surface area contributed by atoms with Crippen molar-refractivity contribution in [2.45, 2.75) is 64.1 Å². The van der Waals surface area contributed by atoms with Gasteiger partial charge in [-0.1, -0.05) is 0 Å². The molecule has 0 spiro atoms. The van der Waals surface area contributed by atoms with Crippen molar-refractivity contribution in [1.29, 1.82) is 0 Å². The van der Waals surface area contributed by atoms with E-state index in [9.17, 15) is 4.79 Å². The maximum absolute atomic E-state index is 11.9. The van der Waals surface area contributed by atoms with Crippen molar-refractivity contribution in [2.75, 3.05) is 26.8 Å². The Kier molecular flexibility index (Phi) is 5.98. The third-order valence-electron chi connectivity index (χ3n) is 4.27. The third-order valence-corrected chi connectivity index (χ3v) is 4.27. The zero-order chi connectivity index (χ0) is 15.4. The lowest BCUT2D eigenvalue weighted by atomic mass is 9.89. The maximum atomic E-state index is 11.9. The second kappa shape index (κ2) is 6.87. The second-order valence-corrected chi connectivity index (χ2v) is 6.42. The summed E-state index contributed by atoms with van der Waals surface area (Å²) in [6.45, 7) is 10.1. The van der Waals surface area contributed by atoms with E-state index in [4.69, 9.17) is 15.2 Å². The fourth-order valence-corrected chi connectivity index (χ4v) is 2.91. The number of esters is 1. The summed E-state index contributed by atoms with van der Waals surface area (Å²) < 4.78 is 10.7. The first-order valence-corrected chi connectivity index (χ1v) is 7.49. The maximum Gasteiger partial charge on any atom is 0.325 e. The van der Waals surface area contributed by atoms with Crippen LogP contribution in [0.15, 0.2) is 0 Å². The molecule has 1 aliphatic rings. The summed E-state index contributed by atoms with van der Waals surface area (Å²) in [4.78, 5) is 14.2. The van der Waals surface area contributed by atoms with Gasteiger partial charge in [-0.25, -0.2) is 0 Å². The molecule has 3 atom stereocenters. The Labute approximate surface area is 122 Å². The number of rotatable bonds is 6. The normalized spacial score (nSPS) is 28.7. The predicted molar refractivity (Wildman–Crippen MR) is 79.5 cm³/mol. The van der Waals surface area contributed by atoms with E-state index in [-0.39, 0.29) is 17.6 Å². The number of likely N-dealkylation sites (tertiary alicyclic amines) is 1. The number of carbonyl (C=O) groups is 1. The number of hydrogen-bond acceptors (Lipinski definition) is 5. The molecule has 0 bridgehead atoms. The Morgan fingerprint density at radius 3 is 2.75 bits per heavy atom. The summed E-state index contributed by atoms with van der Waals surface area (Å²) in [7, 11) is 1.76. The van der Waals surface area contributed by atoms with Crippen LogP contribution in [0.1, 0.15) is 47.0 Å². The highest BCUT2D eigenvalue weighted by Crippen LogP contribution is 2.27. The molecule has 2 N–H and O–H groups in total. The SMILES string of the molecule is CCOC(=O)C(C)(N)CC(C)N1CCCC(C)(OC)C1. The smallest absolute Gasteiger partial charge is 0.325 e. The summed E-state index contributed by atoms with van der Waals surface area (Å²) in [6, 6.07) is 0.226. The molecule has 20 heavy (non-hydrogen) atoms. The Morgan fingerprint density at radius 2 is 2.20 bits per heavy atom. The molecule has 1 fully saturated rings. The Bertz CT molecular complexity index is 333.